The van der Waals surface area contributed by atoms with E-state index >= 15 is 0 Å². The fourth-order valence-electron chi connectivity index (χ4n) is 1.85. The minimum Gasteiger partial charge on any atom is -0.368 e. The molecule has 4 nitrogen and oxygen atoms in total. The Kier molecular flexibility index (Phi) is 4.16. The van der Waals surface area contributed by atoms with Crippen molar-refractivity contribution in [3.63, 3.8) is 0 Å². The predicted octanol–water partition coefficient (Wildman–Crippen LogP) is 2.13. The van der Waals surface area contributed by atoms with Gasteiger partial charge in [-0.25, -0.2) is 0 Å². The van der Waals surface area contributed by atoms with Crippen LogP contribution in [-0.2, 0) is 19.0 Å². The topological polar surface area (TPSA) is 52.6 Å². The standard InChI is InChI=1S/C13H16O4S/c1-2-11-8-9-12(17-11)10-16-18(14,15)13-6-4-3-5-7-13/h2-7,11-12H,1,8-10H2/t11-,12-/m0/s1. The maximum absolute atomic E-state index is 11.8. The van der Waals surface area contributed by atoms with E-state index in [2.05, 4.69) is 6.58 Å². The van der Waals surface area contributed by atoms with Crippen molar-refractivity contribution in [2.24, 2.45) is 0 Å². The highest BCUT2D eigenvalue weighted by Gasteiger charge is 2.25. The van der Waals surface area contributed by atoms with E-state index in [0.29, 0.717) is 0 Å². The van der Waals surface area contributed by atoms with Crippen LogP contribution in [0.1, 0.15) is 12.8 Å². The lowest BCUT2D eigenvalue weighted by atomic mass is 10.2. The lowest BCUT2D eigenvalue weighted by Crippen LogP contribution is -2.19. The van der Waals surface area contributed by atoms with Crippen molar-refractivity contribution in [2.75, 3.05) is 6.61 Å². The number of benzene rings is 1. The van der Waals surface area contributed by atoms with E-state index in [9.17, 15) is 8.42 Å². The first-order valence-electron chi connectivity index (χ1n) is 5.84. The molecule has 0 bridgehead atoms. The van der Waals surface area contributed by atoms with E-state index in [1.165, 1.54) is 12.1 Å². The molecule has 1 aliphatic heterocycles. The number of ether oxygens (including phenoxy) is 1. The van der Waals surface area contributed by atoms with E-state index in [4.69, 9.17) is 8.92 Å². The summed E-state index contributed by atoms with van der Waals surface area (Å²) in [5.74, 6) is 0. The largest absolute Gasteiger partial charge is 0.368 e. The van der Waals surface area contributed by atoms with Crippen LogP contribution in [0.15, 0.2) is 47.9 Å². The summed E-state index contributed by atoms with van der Waals surface area (Å²) in [5, 5.41) is 0. The third-order valence-electron chi connectivity index (χ3n) is 2.84. The Morgan fingerprint density at radius 3 is 2.67 bits per heavy atom. The molecule has 0 N–H and O–H groups in total. The summed E-state index contributed by atoms with van der Waals surface area (Å²) in [5.41, 5.74) is 0. The quantitative estimate of drug-likeness (QED) is 0.606. The van der Waals surface area contributed by atoms with Crippen molar-refractivity contribution in [1.82, 2.24) is 0 Å². The predicted molar refractivity (Wildman–Crippen MR) is 67.7 cm³/mol. The molecule has 1 aromatic carbocycles. The zero-order valence-corrected chi connectivity index (χ0v) is 10.8. The molecular weight excluding hydrogens is 252 g/mol. The van der Waals surface area contributed by atoms with Gasteiger partial charge in [0.1, 0.15) is 0 Å². The van der Waals surface area contributed by atoms with Crippen LogP contribution in [0.2, 0.25) is 0 Å². The number of hydrogen-bond acceptors (Lipinski definition) is 4. The van der Waals surface area contributed by atoms with E-state index in [1.54, 1.807) is 24.3 Å². The Morgan fingerprint density at radius 2 is 2.06 bits per heavy atom. The molecular formula is C13H16O4S. The summed E-state index contributed by atoms with van der Waals surface area (Å²) in [7, 11) is -3.68. The van der Waals surface area contributed by atoms with Crippen molar-refractivity contribution < 1.29 is 17.3 Å². The van der Waals surface area contributed by atoms with Crippen molar-refractivity contribution in [3.05, 3.63) is 43.0 Å². The van der Waals surface area contributed by atoms with Gasteiger partial charge in [0.05, 0.1) is 23.7 Å². The molecule has 2 atom stereocenters. The van der Waals surface area contributed by atoms with E-state index in [1.807, 2.05) is 0 Å². The molecule has 0 spiro atoms. The summed E-state index contributed by atoms with van der Waals surface area (Å²) in [4.78, 5) is 0.170. The second-order valence-electron chi connectivity index (χ2n) is 4.16. The van der Waals surface area contributed by atoms with Crippen LogP contribution in [0.25, 0.3) is 0 Å². The Hall–Kier alpha value is -1.17. The van der Waals surface area contributed by atoms with Gasteiger partial charge in [0.2, 0.25) is 0 Å². The Bertz CT molecular complexity index is 495. The van der Waals surface area contributed by atoms with Crippen LogP contribution >= 0.6 is 0 Å². The van der Waals surface area contributed by atoms with Gasteiger partial charge in [-0.3, -0.25) is 4.18 Å². The van der Waals surface area contributed by atoms with Gasteiger partial charge in [-0.15, -0.1) is 6.58 Å². The molecule has 1 aromatic rings. The van der Waals surface area contributed by atoms with E-state index < -0.39 is 10.1 Å². The highest BCUT2D eigenvalue weighted by Crippen LogP contribution is 2.22. The lowest BCUT2D eigenvalue weighted by molar-refractivity contribution is 0.0400. The molecule has 1 heterocycles. The van der Waals surface area contributed by atoms with E-state index in [-0.39, 0.29) is 23.7 Å². The van der Waals surface area contributed by atoms with Crippen molar-refractivity contribution in [1.29, 1.82) is 0 Å². The van der Waals surface area contributed by atoms with Gasteiger partial charge in [-0.2, -0.15) is 8.42 Å². The first-order chi connectivity index (χ1) is 8.62. The van der Waals surface area contributed by atoms with Crippen molar-refractivity contribution in [2.45, 2.75) is 29.9 Å². The molecule has 0 radical (unpaired) electrons. The molecule has 0 saturated carbocycles. The maximum atomic E-state index is 11.8. The van der Waals surface area contributed by atoms with Gasteiger partial charge < -0.3 is 4.74 Å². The summed E-state index contributed by atoms with van der Waals surface area (Å²) in [6.45, 7) is 3.71. The molecule has 0 aliphatic carbocycles. The Balaban J connectivity index is 1.92. The molecule has 98 valence electrons. The summed E-state index contributed by atoms with van der Waals surface area (Å²) < 4.78 is 34.2. The number of rotatable bonds is 5. The zero-order valence-electron chi connectivity index (χ0n) is 9.99. The zero-order chi connectivity index (χ0) is 13.0. The minimum absolute atomic E-state index is 0.0121. The third-order valence-corrected chi connectivity index (χ3v) is 4.14. The monoisotopic (exact) mass is 268 g/mol. The second kappa shape index (κ2) is 5.65. The highest BCUT2D eigenvalue weighted by atomic mass is 32.2. The average Bonchev–Trinajstić information content (AvgIpc) is 2.86. The van der Waals surface area contributed by atoms with Gasteiger partial charge in [0.15, 0.2) is 0 Å². The van der Waals surface area contributed by atoms with Crippen LogP contribution in [0.4, 0.5) is 0 Å². The van der Waals surface area contributed by atoms with Crippen molar-refractivity contribution in [3.8, 4) is 0 Å². The first kappa shape index (κ1) is 13.3. The summed E-state index contributed by atoms with van der Waals surface area (Å²) in [6, 6.07) is 8.11. The maximum Gasteiger partial charge on any atom is 0.297 e. The molecule has 0 aromatic heterocycles. The van der Waals surface area contributed by atoms with Gasteiger partial charge in [0.25, 0.3) is 10.1 Å². The normalized spacial score (nSPS) is 24.0. The molecule has 1 saturated heterocycles. The fraction of sp³-hybridized carbons (Fsp3) is 0.385. The summed E-state index contributed by atoms with van der Waals surface area (Å²) in [6.07, 6.45) is 3.22. The van der Waals surface area contributed by atoms with Crippen molar-refractivity contribution >= 4 is 10.1 Å². The van der Waals surface area contributed by atoms with Gasteiger partial charge >= 0.3 is 0 Å². The van der Waals surface area contributed by atoms with Crippen LogP contribution in [0, 0.1) is 0 Å². The molecule has 1 aliphatic rings. The SMILES string of the molecule is C=C[C@H]1CC[C@@H](COS(=O)(=O)c2ccccc2)O1. The van der Waals surface area contributed by atoms with E-state index in [0.717, 1.165) is 12.8 Å². The van der Waals surface area contributed by atoms with Gasteiger partial charge in [-0.1, -0.05) is 24.3 Å². The minimum atomic E-state index is -3.68. The van der Waals surface area contributed by atoms with Crippen LogP contribution in [0.3, 0.4) is 0 Å². The third kappa shape index (κ3) is 3.19. The molecule has 5 heteroatoms. The lowest BCUT2D eigenvalue weighted by Gasteiger charge is -2.11. The van der Waals surface area contributed by atoms with Crippen LogP contribution < -0.4 is 0 Å². The van der Waals surface area contributed by atoms with Crippen LogP contribution in [0.5, 0.6) is 0 Å². The molecule has 0 unspecified atom stereocenters. The summed E-state index contributed by atoms with van der Waals surface area (Å²) >= 11 is 0. The number of hydrogen-bond donors (Lipinski definition) is 0. The second-order valence-corrected chi connectivity index (χ2v) is 5.78. The molecule has 0 amide bonds. The van der Waals surface area contributed by atoms with Gasteiger partial charge in [-0.05, 0) is 25.0 Å². The first-order valence-corrected chi connectivity index (χ1v) is 7.25. The smallest absolute Gasteiger partial charge is 0.297 e. The molecule has 1 fully saturated rings. The average molecular weight is 268 g/mol. The van der Waals surface area contributed by atoms with Crippen LogP contribution in [-0.4, -0.2) is 27.2 Å². The Labute approximate surface area is 107 Å². The Morgan fingerprint density at radius 1 is 1.33 bits per heavy atom. The fourth-order valence-corrected chi connectivity index (χ4v) is 2.81. The molecule has 18 heavy (non-hydrogen) atoms. The highest BCUT2D eigenvalue weighted by molar-refractivity contribution is 7.86. The van der Waals surface area contributed by atoms with Gasteiger partial charge in [0, 0.05) is 0 Å². The molecule has 2 rings (SSSR count).